The topological polar surface area (TPSA) is 58.6 Å². The number of hydrogen-bond acceptors (Lipinski definition) is 3. The van der Waals surface area contributed by atoms with E-state index >= 15 is 0 Å². The Labute approximate surface area is 174 Å². The fraction of sp³-hybridized carbons (Fsp3) is 0.417. The maximum absolute atomic E-state index is 13.0. The van der Waals surface area contributed by atoms with Gasteiger partial charge in [0.25, 0.3) is 5.91 Å². The van der Waals surface area contributed by atoms with E-state index < -0.39 is 6.04 Å². The fourth-order valence-electron chi connectivity index (χ4n) is 2.93. The van der Waals surface area contributed by atoms with Gasteiger partial charge in [-0.3, -0.25) is 9.59 Å². The Balaban J connectivity index is 2.15. The number of hydrogen-bond donors (Lipinski definition) is 1. The average molecular weight is 397 g/mol. The number of carbonyl (C=O) groups is 2. The molecule has 0 unspecified atom stereocenters. The molecular weight excluding hydrogens is 364 g/mol. The van der Waals surface area contributed by atoms with E-state index in [1.807, 2.05) is 76.2 Å². The minimum Gasteiger partial charge on any atom is -0.483 e. The first kappa shape index (κ1) is 22.5. The van der Waals surface area contributed by atoms with Gasteiger partial charge in [0.1, 0.15) is 11.8 Å². The molecule has 0 heterocycles. The van der Waals surface area contributed by atoms with Gasteiger partial charge < -0.3 is 15.0 Å². The summed E-state index contributed by atoms with van der Waals surface area (Å²) in [6, 6.07) is 14.9. The first-order valence-corrected chi connectivity index (χ1v) is 10.2. The van der Waals surface area contributed by atoms with Crippen LogP contribution in [-0.4, -0.2) is 35.4 Å². The SMILES string of the molecule is CC[C@H](C)NC(=O)[C@H](C)N(Cc1ccccc1)C(=O)COc1cccc(C)c1C. The molecule has 0 bridgehead atoms. The Hall–Kier alpha value is -2.82. The molecule has 5 heteroatoms. The number of amides is 2. The lowest BCUT2D eigenvalue weighted by Gasteiger charge is -2.29. The van der Waals surface area contributed by atoms with Gasteiger partial charge in [-0.05, 0) is 56.9 Å². The highest BCUT2D eigenvalue weighted by Crippen LogP contribution is 2.21. The van der Waals surface area contributed by atoms with Crippen LogP contribution in [0.2, 0.25) is 0 Å². The van der Waals surface area contributed by atoms with Crippen LogP contribution >= 0.6 is 0 Å². The van der Waals surface area contributed by atoms with Crippen molar-refractivity contribution in [2.24, 2.45) is 0 Å². The molecule has 0 radical (unpaired) electrons. The Kier molecular flexibility index (Phi) is 8.25. The molecule has 0 aliphatic carbocycles. The summed E-state index contributed by atoms with van der Waals surface area (Å²) in [6.45, 7) is 9.95. The molecule has 0 saturated carbocycles. The Bertz CT molecular complexity index is 820. The van der Waals surface area contributed by atoms with E-state index in [4.69, 9.17) is 4.74 Å². The molecule has 2 atom stereocenters. The zero-order valence-electron chi connectivity index (χ0n) is 18.1. The van der Waals surface area contributed by atoms with Crippen molar-refractivity contribution in [1.29, 1.82) is 0 Å². The van der Waals surface area contributed by atoms with Crippen molar-refractivity contribution in [2.75, 3.05) is 6.61 Å². The molecule has 29 heavy (non-hydrogen) atoms. The highest BCUT2D eigenvalue weighted by Gasteiger charge is 2.27. The summed E-state index contributed by atoms with van der Waals surface area (Å²) >= 11 is 0. The monoisotopic (exact) mass is 396 g/mol. The lowest BCUT2D eigenvalue weighted by molar-refractivity contribution is -0.142. The molecule has 5 nitrogen and oxygen atoms in total. The predicted molar refractivity (Wildman–Crippen MR) is 116 cm³/mol. The zero-order valence-corrected chi connectivity index (χ0v) is 18.1. The number of carbonyl (C=O) groups excluding carboxylic acids is 2. The van der Waals surface area contributed by atoms with Gasteiger partial charge >= 0.3 is 0 Å². The summed E-state index contributed by atoms with van der Waals surface area (Å²) in [6.07, 6.45) is 0.834. The van der Waals surface area contributed by atoms with E-state index in [0.29, 0.717) is 12.3 Å². The summed E-state index contributed by atoms with van der Waals surface area (Å²) in [5.74, 6) is 0.312. The number of nitrogens with one attached hydrogen (secondary N) is 1. The normalized spacial score (nSPS) is 12.7. The lowest BCUT2D eigenvalue weighted by atomic mass is 10.1. The second-order valence-electron chi connectivity index (χ2n) is 7.49. The first-order valence-electron chi connectivity index (χ1n) is 10.2. The van der Waals surface area contributed by atoms with Gasteiger partial charge in [0.05, 0.1) is 0 Å². The van der Waals surface area contributed by atoms with Crippen LogP contribution in [0.25, 0.3) is 0 Å². The van der Waals surface area contributed by atoms with E-state index in [1.54, 1.807) is 11.8 Å². The van der Waals surface area contributed by atoms with Crippen LogP contribution in [0.3, 0.4) is 0 Å². The van der Waals surface area contributed by atoms with Gasteiger partial charge in [-0.25, -0.2) is 0 Å². The van der Waals surface area contributed by atoms with Crippen molar-refractivity contribution in [2.45, 2.75) is 59.7 Å². The van der Waals surface area contributed by atoms with E-state index in [2.05, 4.69) is 5.32 Å². The Morgan fingerprint density at radius 3 is 2.38 bits per heavy atom. The molecule has 0 aromatic heterocycles. The third kappa shape index (κ3) is 6.34. The molecule has 0 aliphatic heterocycles. The molecule has 2 aromatic rings. The predicted octanol–water partition coefficient (Wildman–Crippen LogP) is 4.01. The molecule has 2 rings (SSSR count). The maximum atomic E-state index is 13.0. The van der Waals surface area contributed by atoms with Crippen molar-refractivity contribution in [3.8, 4) is 5.75 Å². The van der Waals surface area contributed by atoms with Gasteiger partial charge in [-0.2, -0.15) is 0 Å². The van der Waals surface area contributed by atoms with Gasteiger partial charge in [0.2, 0.25) is 5.91 Å². The van der Waals surface area contributed by atoms with Crippen LogP contribution in [0.1, 0.15) is 43.9 Å². The molecule has 0 aliphatic rings. The van der Waals surface area contributed by atoms with Crippen molar-refractivity contribution >= 4 is 11.8 Å². The van der Waals surface area contributed by atoms with Crippen LogP contribution in [0.4, 0.5) is 0 Å². The Morgan fingerprint density at radius 2 is 1.72 bits per heavy atom. The molecule has 156 valence electrons. The molecule has 2 amide bonds. The van der Waals surface area contributed by atoms with Gasteiger partial charge in [-0.1, -0.05) is 49.4 Å². The second kappa shape index (κ2) is 10.6. The number of ether oxygens (including phenoxy) is 1. The fourth-order valence-corrected chi connectivity index (χ4v) is 2.93. The third-order valence-electron chi connectivity index (χ3n) is 5.27. The first-order chi connectivity index (χ1) is 13.8. The van der Waals surface area contributed by atoms with Crippen LogP contribution in [0, 0.1) is 13.8 Å². The molecule has 0 saturated heterocycles. The van der Waals surface area contributed by atoms with Crippen LogP contribution in [-0.2, 0) is 16.1 Å². The molecular formula is C24H32N2O3. The summed E-state index contributed by atoms with van der Waals surface area (Å²) in [5.41, 5.74) is 3.09. The Morgan fingerprint density at radius 1 is 1.03 bits per heavy atom. The van der Waals surface area contributed by atoms with Crippen LogP contribution < -0.4 is 10.1 Å². The second-order valence-corrected chi connectivity index (χ2v) is 7.49. The summed E-state index contributed by atoms with van der Waals surface area (Å²) < 4.78 is 5.81. The van der Waals surface area contributed by atoms with Crippen molar-refractivity contribution < 1.29 is 14.3 Å². The molecule has 2 aromatic carbocycles. The van der Waals surface area contributed by atoms with Crippen molar-refractivity contribution in [3.63, 3.8) is 0 Å². The average Bonchev–Trinajstić information content (AvgIpc) is 2.72. The van der Waals surface area contributed by atoms with Crippen LogP contribution in [0.15, 0.2) is 48.5 Å². The summed E-state index contributed by atoms with van der Waals surface area (Å²) in [7, 11) is 0. The van der Waals surface area contributed by atoms with Crippen molar-refractivity contribution in [3.05, 3.63) is 65.2 Å². The highest BCUT2D eigenvalue weighted by atomic mass is 16.5. The third-order valence-corrected chi connectivity index (χ3v) is 5.27. The van der Waals surface area contributed by atoms with Gasteiger partial charge in [0.15, 0.2) is 6.61 Å². The minimum atomic E-state index is -0.598. The number of nitrogens with zero attached hydrogens (tertiary/aromatic N) is 1. The van der Waals surface area contributed by atoms with Crippen molar-refractivity contribution in [1.82, 2.24) is 10.2 Å². The zero-order chi connectivity index (χ0) is 21.4. The van der Waals surface area contributed by atoms with Crippen LogP contribution in [0.5, 0.6) is 5.75 Å². The maximum Gasteiger partial charge on any atom is 0.261 e. The van der Waals surface area contributed by atoms with Gasteiger partial charge in [0, 0.05) is 12.6 Å². The number of rotatable bonds is 9. The molecule has 0 spiro atoms. The standard InChI is InChI=1S/C24H32N2O3/c1-6-18(3)25-24(28)20(5)26(15-21-12-8-7-9-13-21)23(27)16-29-22-14-10-11-17(2)19(22)4/h7-14,18,20H,6,15-16H2,1-5H3,(H,25,28)/t18-,20-/m0/s1. The summed E-state index contributed by atoms with van der Waals surface area (Å²) in [4.78, 5) is 27.3. The van der Waals surface area contributed by atoms with E-state index in [1.165, 1.54) is 0 Å². The highest BCUT2D eigenvalue weighted by molar-refractivity contribution is 5.88. The minimum absolute atomic E-state index is 0.0600. The number of benzene rings is 2. The smallest absolute Gasteiger partial charge is 0.261 e. The summed E-state index contributed by atoms with van der Waals surface area (Å²) in [5, 5.41) is 2.97. The number of aryl methyl sites for hydroxylation is 1. The largest absolute Gasteiger partial charge is 0.483 e. The molecule has 0 fully saturated rings. The lowest BCUT2D eigenvalue weighted by Crippen LogP contribution is -2.50. The van der Waals surface area contributed by atoms with E-state index in [-0.39, 0.29) is 24.5 Å². The van der Waals surface area contributed by atoms with Gasteiger partial charge in [-0.15, -0.1) is 0 Å². The van der Waals surface area contributed by atoms with E-state index in [0.717, 1.165) is 23.1 Å². The van der Waals surface area contributed by atoms with E-state index in [9.17, 15) is 9.59 Å². The quantitative estimate of drug-likeness (QED) is 0.697. The molecule has 1 N–H and O–H groups in total.